The number of nitrogens with one attached hydrogen (secondary N) is 1. The van der Waals surface area contributed by atoms with Crippen molar-refractivity contribution in [1.29, 1.82) is 0 Å². The molecule has 0 spiro atoms. The molecule has 0 atom stereocenters. The third-order valence-corrected chi connectivity index (χ3v) is 7.06. The average molecular weight is 476 g/mol. The minimum absolute atomic E-state index is 0.00781. The number of ether oxygens (including phenoxy) is 1. The Hall–Kier alpha value is -3.37. The number of benzene rings is 3. The van der Waals surface area contributed by atoms with Crippen molar-refractivity contribution in [2.75, 3.05) is 13.2 Å². The molecule has 1 aliphatic rings. The van der Waals surface area contributed by atoms with Crippen LogP contribution in [0.5, 0.6) is 5.75 Å². The highest BCUT2D eigenvalue weighted by molar-refractivity contribution is 7.89. The van der Waals surface area contributed by atoms with E-state index < -0.39 is 38.3 Å². The lowest BCUT2D eigenvalue weighted by Gasteiger charge is -2.20. The second kappa shape index (κ2) is 9.24. The third kappa shape index (κ3) is 4.86. The number of hydrogen-bond acceptors (Lipinski definition) is 4. The zero-order chi connectivity index (χ0) is 23.6. The van der Waals surface area contributed by atoms with E-state index in [0.29, 0.717) is 22.9 Å². The Labute approximate surface area is 188 Å². The SMILES string of the molecule is O=C(NCc1ccccc1F)c1ccc2c(c1)CN(S(=O)(=O)c1ccc(F)cc1F)CCO2. The maximum absolute atomic E-state index is 14.2. The second-order valence-electron chi connectivity index (χ2n) is 7.36. The molecule has 1 aliphatic heterocycles. The van der Waals surface area contributed by atoms with Gasteiger partial charge in [-0.3, -0.25) is 4.79 Å². The van der Waals surface area contributed by atoms with Crippen molar-refractivity contribution in [3.05, 3.63) is 94.8 Å². The van der Waals surface area contributed by atoms with Gasteiger partial charge in [0.1, 0.15) is 34.7 Å². The van der Waals surface area contributed by atoms with Gasteiger partial charge in [0.25, 0.3) is 5.91 Å². The Morgan fingerprint density at radius 3 is 2.55 bits per heavy atom. The van der Waals surface area contributed by atoms with E-state index in [-0.39, 0.29) is 31.8 Å². The van der Waals surface area contributed by atoms with Crippen molar-refractivity contribution in [3.8, 4) is 5.75 Å². The monoisotopic (exact) mass is 476 g/mol. The topological polar surface area (TPSA) is 75.7 Å². The van der Waals surface area contributed by atoms with E-state index >= 15 is 0 Å². The van der Waals surface area contributed by atoms with Crippen molar-refractivity contribution in [1.82, 2.24) is 9.62 Å². The molecular weight excluding hydrogens is 457 g/mol. The average Bonchev–Trinajstić information content (AvgIpc) is 3.00. The second-order valence-corrected chi connectivity index (χ2v) is 9.26. The Bertz CT molecular complexity index is 1310. The van der Waals surface area contributed by atoms with Crippen LogP contribution in [0.3, 0.4) is 0 Å². The molecular formula is C23H19F3N2O4S. The molecule has 0 aromatic heterocycles. The molecule has 0 bridgehead atoms. The minimum Gasteiger partial charge on any atom is -0.492 e. The number of rotatable bonds is 5. The van der Waals surface area contributed by atoms with Gasteiger partial charge in [-0.15, -0.1) is 0 Å². The van der Waals surface area contributed by atoms with E-state index in [1.165, 1.54) is 18.2 Å². The van der Waals surface area contributed by atoms with E-state index in [1.807, 2.05) is 0 Å². The molecule has 0 radical (unpaired) electrons. The number of fused-ring (bicyclic) bond motifs is 1. The molecule has 3 aromatic rings. The summed E-state index contributed by atoms with van der Waals surface area (Å²) in [6.45, 7) is -0.261. The summed E-state index contributed by atoms with van der Waals surface area (Å²) in [5.74, 6) is -2.62. The molecule has 1 heterocycles. The molecule has 0 aliphatic carbocycles. The van der Waals surface area contributed by atoms with Gasteiger partial charge in [0.05, 0.1) is 0 Å². The zero-order valence-corrected chi connectivity index (χ0v) is 18.0. The van der Waals surface area contributed by atoms with Gasteiger partial charge < -0.3 is 10.1 Å². The first kappa shape index (κ1) is 22.8. The van der Waals surface area contributed by atoms with Gasteiger partial charge in [0.2, 0.25) is 10.0 Å². The van der Waals surface area contributed by atoms with Gasteiger partial charge in [-0.1, -0.05) is 18.2 Å². The van der Waals surface area contributed by atoms with Gasteiger partial charge in [-0.2, -0.15) is 4.31 Å². The highest BCUT2D eigenvalue weighted by Gasteiger charge is 2.30. The van der Waals surface area contributed by atoms with E-state index in [1.54, 1.807) is 24.3 Å². The molecule has 0 saturated heterocycles. The van der Waals surface area contributed by atoms with Crippen LogP contribution in [0.2, 0.25) is 0 Å². The fraction of sp³-hybridized carbons (Fsp3) is 0.174. The Morgan fingerprint density at radius 2 is 1.79 bits per heavy atom. The van der Waals surface area contributed by atoms with E-state index in [9.17, 15) is 26.4 Å². The molecule has 3 aromatic carbocycles. The van der Waals surface area contributed by atoms with Gasteiger partial charge in [0, 0.05) is 42.4 Å². The van der Waals surface area contributed by atoms with Crippen LogP contribution in [-0.2, 0) is 23.1 Å². The van der Waals surface area contributed by atoms with Crippen molar-refractivity contribution >= 4 is 15.9 Å². The van der Waals surface area contributed by atoms with Gasteiger partial charge in [0.15, 0.2) is 0 Å². The highest BCUT2D eigenvalue weighted by Crippen LogP contribution is 2.29. The van der Waals surface area contributed by atoms with Gasteiger partial charge >= 0.3 is 0 Å². The first-order valence-corrected chi connectivity index (χ1v) is 11.4. The standard InChI is InChI=1S/C23H19F3N2O4S/c24-18-6-8-22(20(26)12-18)33(30,31)28-9-10-32-21-7-5-15(11-17(21)14-28)23(29)27-13-16-3-1-2-4-19(16)25/h1-8,11-12H,9-10,13-14H2,(H,27,29). The molecule has 0 unspecified atom stereocenters. The Balaban J connectivity index is 1.56. The van der Waals surface area contributed by atoms with Crippen molar-refractivity contribution < 1.29 is 31.1 Å². The first-order chi connectivity index (χ1) is 15.8. The Kier molecular flexibility index (Phi) is 6.39. The maximum Gasteiger partial charge on any atom is 0.251 e. The lowest BCUT2D eigenvalue weighted by molar-refractivity contribution is 0.0950. The molecule has 172 valence electrons. The summed E-state index contributed by atoms with van der Waals surface area (Å²) >= 11 is 0. The van der Waals surface area contributed by atoms with Crippen molar-refractivity contribution in [2.24, 2.45) is 0 Å². The number of halogens is 3. The van der Waals surface area contributed by atoms with E-state index in [2.05, 4.69) is 5.32 Å². The summed E-state index contributed by atoms with van der Waals surface area (Å²) in [6, 6.07) is 12.8. The number of carbonyl (C=O) groups excluding carboxylic acids is 1. The van der Waals surface area contributed by atoms with Crippen LogP contribution < -0.4 is 10.1 Å². The number of hydrogen-bond donors (Lipinski definition) is 1. The van der Waals surface area contributed by atoms with Crippen LogP contribution in [-0.4, -0.2) is 31.8 Å². The van der Waals surface area contributed by atoms with Crippen LogP contribution >= 0.6 is 0 Å². The number of carbonyl (C=O) groups is 1. The molecule has 0 fully saturated rings. The molecule has 4 rings (SSSR count). The molecule has 0 saturated carbocycles. The summed E-state index contributed by atoms with van der Waals surface area (Å²) in [7, 11) is -4.29. The first-order valence-electron chi connectivity index (χ1n) is 9.98. The summed E-state index contributed by atoms with van der Waals surface area (Å²) in [6.07, 6.45) is 0. The van der Waals surface area contributed by atoms with Gasteiger partial charge in [-0.05, 0) is 36.4 Å². The lowest BCUT2D eigenvalue weighted by Crippen LogP contribution is -2.33. The molecule has 6 nitrogen and oxygen atoms in total. The van der Waals surface area contributed by atoms with Crippen molar-refractivity contribution in [3.63, 3.8) is 0 Å². The van der Waals surface area contributed by atoms with Crippen LogP contribution in [0, 0.1) is 17.5 Å². The van der Waals surface area contributed by atoms with Crippen LogP contribution in [0.25, 0.3) is 0 Å². The predicted octanol–water partition coefficient (Wildman–Crippen LogP) is 3.62. The summed E-state index contributed by atoms with van der Waals surface area (Å²) in [5.41, 5.74) is 0.945. The third-order valence-electron chi connectivity index (χ3n) is 5.18. The van der Waals surface area contributed by atoms with Crippen LogP contribution in [0.4, 0.5) is 13.2 Å². The Morgan fingerprint density at radius 1 is 1.00 bits per heavy atom. The van der Waals surface area contributed by atoms with Crippen LogP contribution in [0.1, 0.15) is 21.5 Å². The number of sulfonamides is 1. The molecule has 1 amide bonds. The normalized spacial score (nSPS) is 14.2. The molecule has 33 heavy (non-hydrogen) atoms. The smallest absolute Gasteiger partial charge is 0.251 e. The van der Waals surface area contributed by atoms with Crippen molar-refractivity contribution in [2.45, 2.75) is 18.0 Å². The summed E-state index contributed by atoms with van der Waals surface area (Å²) in [4.78, 5) is 11.9. The van der Waals surface area contributed by atoms with E-state index in [4.69, 9.17) is 4.74 Å². The summed E-state index contributed by atoms with van der Waals surface area (Å²) < 4.78 is 73.7. The quantitative estimate of drug-likeness (QED) is 0.611. The van der Waals surface area contributed by atoms with Gasteiger partial charge in [-0.25, -0.2) is 21.6 Å². The minimum atomic E-state index is -4.29. The maximum atomic E-state index is 14.2. The highest BCUT2D eigenvalue weighted by atomic mass is 32.2. The fourth-order valence-electron chi connectivity index (χ4n) is 3.46. The molecule has 1 N–H and O–H groups in total. The predicted molar refractivity (Wildman–Crippen MR) is 113 cm³/mol. The fourth-order valence-corrected chi connectivity index (χ4v) is 4.91. The summed E-state index contributed by atoms with van der Waals surface area (Å²) in [5, 5.41) is 2.62. The lowest BCUT2D eigenvalue weighted by atomic mass is 10.1. The number of nitrogens with zero attached hydrogens (tertiary/aromatic N) is 1. The van der Waals surface area contributed by atoms with Crippen LogP contribution in [0.15, 0.2) is 65.6 Å². The largest absolute Gasteiger partial charge is 0.492 e. The molecule has 10 heteroatoms. The number of amides is 1. The van der Waals surface area contributed by atoms with E-state index in [0.717, 1.165) is 16.4 Å². The zero-order valence-electron chi connectivity index (χ0n) is 17.2.